The number of ether oxygens (including phenoxy) is 4. The number of carbonyl (C=O) groups is 3. The number of rotatable bonds is 9. The Hall–Kier alpha value is -4.05. The van der Waals surface area contributed by atoms with Gasteiger partial charge in [-0.1, -0.05) is 91.0 Å². The molecule has 1 heterocycles. The Morgan fingerprint density at radius 1 is 0.750 bits per heavy atom. The molecule has 5 atom stereocenters. The monoisotopic (exact) mass is 547 g/mol. The van der Waals surface area contributed by atoms with Gasteiger partial charge in [-0.15, -0.1) is 0 Å². The Kier molecular flexibility index (Phi) is 9.31. The molecular weight excluding hydrogens is 514 g/mol. The van der Waals surface area contributed by atoms with Gasteiger partial charge in [0.15, 0.2) is 18.5 Å². The van der Waals surface area contributed by atoms with Crippen LogP contribution in [0.25, 0.3) is 0 Å². The molecule has 1 fully saturated rings. The molecule has 0 bridgehead atoms. The lowest BCUT2D eigenvalue weighted by molar-refractivity contribution is -0.269. The highest BCUT2D eigenvalue weighted by Crippen LogP contribution is 2.41. The molecule has 1 saturated heterocycles. The van der Waals surface area contributed by atoms with Crippen LogP contribution in [0.3, 0.4) is 0 Å². The van der Waals surface area contributed by atoms with E-state index in [0.29, 0.717) is 0 Å². The van der Waals surface area contributed by atoms with Gasteiger partial charge in [0, 0.05) is 20.8 Å². The van der Waals surface area contributed by atoms with Gasteiger partial charge in [0.05, 0.1) is 6.61 Å². The lowest BCUT2D eigenvalue weighted by Crippen LogP contribution is -2.66. The highest BCUT2D eigenvalue weighted by atomic mass is 16.7. The third kappa shape index (κ3) is 6.39. The summed E-state index contributed by atoms with van der Waals surface area (Å²) in [6, 6.07) is 27.8. The van der Waals surface area contributed by atoms with Crippen LogP contribution in [0.2, 0.25) is 0 Å². The number of aliphatic hydroxyl groups is 1. The van der Waals surface area contributed by atoms with Gasteiger partial charge in [-0.2, -0.15) is 0 Å². The van der Waals surface area contributed by atoms with Crippen molar-refractivity contribution in [3.63, 3.8) is 0 Å². The smallest absolute Gasteiger partial charge is 0.303 e. The predicted octanol–water partition coefficient (Wildman–Crippen LogP) is 3.08. The second kappa shape index (κ2) is 12.9. The van der Waals surface area contributed by atoms with Crippen molar-refractivity contribution in [1.82, 2.24) is 5.32 Å². The van der Waals surface area contributed by atoms with E-state index in [-0.39, 0.29) is 6.61 Å². The van der Waals surface area contributed by atoms with Crippen LogP contribution in [-0.2, 0) is 38.9 Å². The Labute approximate surface area is 233 Å². The molecule has 4 rings (SSSR count). The summed E-state index contributed by atoms with van der Waals surface area (Å²) in [4.78, 5) is 36.1. The first-order valence-electron chi connectivity index (χ1n) is 13.0. The molecule has 2 N–H and O–H groups in total. The standard InChI is InChI=1S/C31H33NO8/c1-20(33)32-27-29(39-22(3)35)28(38-21(2)34)26(40-30(27)36)19-37-31(23-13-7-4-8-14-23,24-15-9-5-10-16-24)25-17-11-6-12-18-25/h4-18,26-30,36H,19H2,1-3H3,(H,32,33)/t26-,27+,28+,29-,30-/m0/s1. The van der Waals surface area contributed by atoms with Gasteiger partial charge in [0.25, 0.3) is 0 Å². The molecule has 0 radical (unpaired) electrons. The summed E-state index contributed by atoms with van der Waals surface area (Å²) in [5, 5.41) is 13.4. The van der Waals surface area contributed by atoms with Crippen LogP contribution in [0.4, 0.5) is 0 Å². The topological polar surface area (TPSA) is 120 Å². The summed E-state index contributed by atoms with van der Waals surface area (Å²) in [5.74, 6) is -1.83. The lowest BCUT2D eigenvalue weighted by Gasteiger charge is -2.45. The summed E-state index contributed by atoms with van der Waals surface area (Å²) < 4.78 is 23.7. The number of carbonyl (C=O) groups excluding carboxylic acids is 3. The van der Waals surface area contributed by atoms with Gasteiger partial charge < -0.3 is 29.4 Å². The van der Waals surface area contributed by atoms with Gasteiger partial charge in [-0.3, -0.25) is 14.4 Å². The average molecular weight is 548 g/mol. The van der Waals surface area contributed by atoms with E-state index < -0.39 is 54.1 Å². The quantitative estimate of drug-likeness (QED) is 0.310. The van der Waals surface area contributed by atoms with Crippen molar-refractivity contribution in [2.45, 2.75) is 57.0 Å². The Morgan fingerprint density at radius 2 is 1.18 bits per heavy atom. The Bertz CT molecular complexity index is 1190. The summed E-state index contributed by atoms with van der Waals surface area (Å²) in [6.45, 7) is 3.47. The van der Waals surface area contributed by atoms with E-state index in [1.54, 1.807) is 0 Å². The zero-order valence-corrected chi connectivity index (χ0v) is 22.6. The summed E-state index contributed by atoms with van der Waals surface area (Å²) >= 11 is 0. The van der Waals surface area contributed by atoms with Crippen LogP contribution in [0.1, 0.15) is 37.5 Å². The molecule has 9 heteroatoms. The van der Waals surface area contributed by atoms with E-state index >= 15 is 0 Å². The second-order valence-corrected chi connectivity index (χ2v) is 9.53. The second-order valence-electron chi connectivity index (χ2n) is 9.53. The molecule has 0 aromatic heterocycles. The summed E-state index contributed by atoms with van der Waals surface area (Å²) in [6.07, 6.45) is -5.07. The first-order valence-corrected chi connectivity index (χ1v) is 13.0. The first kappa shape index (κ1) is 28.9. The normalized spacial score (nSPS) is 22.6. The predicted molar refractivity (Wildman–Crippen MR) is 145 cm³/mol. The highest BCUT2D eigenvalue weighted by molar-refractivity contribution is 5.73. The number of nitrogens with one attached hydrogen (secondary N) is 1. The van der Waals surface area contributed by atoms with E-state index in [1.807, 2.05) is 91.0 Å². The maximum atomic E-state index is 12.2. The fourth-order valence-electron chi connectivity index (χ4n) is 5.08. The highest BCUT2D eigenvalue weighted by Gasteiger charge is 2.51. The lowest BCUT2D eigenvalue weighted by atomic mass is 9.80. The summed E-state index contributed by atoms with van der Waals surface area (Å²) in [7, 11) is 0. The van der Waals surface area contributed by atoms with Crippen LogP contribution in [0.15, 0.2) is 91.0 Å². The largest absolute Gasteiger partial charge is 0.456 e. The molecular formula is C31H33NO8. The maximum absolute atomic E-state index is 12.2. The van der Waals surface area contributed by atoms with Gasteiger partial charge in [0.1, 0.15) is 17.7 Å². The van der Waals surface area contributed by atoms with Crippen LogP contribution < -0.4 is 5.32 Å². The van der Waals surface area contributed by atoms with Crippen molar-refractivity contribution in [3.8, 4) is 0 Å². The zero-order chi connectivity index (χ0) is 28.7. The van der Waals surface area contributed by atoms with E-state index in [1.165, 1.54) is 20.8 Å². The number of hydrogen-bond donors (Lipinski definition) is 2. The minimum Gasteiger partial charge on any atom is -0.456 e. The number of benzene rings is 3. The van der Waals surface area contributed by atoms with Gasteiger partial charge in [-0.05, 0) is 16.7 Å². The van der Waals surface area contributed by atoms with Crippen molar-refractivity contribution in [2.24, 2.45) is 0 Å². The van der Waals surface area contributed by atoms with Crippen LogP contribution in [-0.4, -0.2) is 60.2 Å². The van der Waals surface area contributed by atoms with Crippen molar-refractivity contribution >= 4 is 17.8 Å². The molecule has 1 aliphatic heterocycles. The fourth-order valence-corrected chi connectivity index (χ4v) is 5.08. The minimum atomic E-state index is -1.58. The van der Waals surface area contributed by atoms with Crippen LogP contribution in [0.5, 0.6) is 0 Å². The molecule has 3 aromatic carbocycles. The van der Waals surface area contributed by atoms with E-state index in [9.17, 15) is 19.5 Å². The SMILES string of the molecule is CC(=O)N[C@@H]1[C@H](OC(C)=O)[C@H](OC(C)=O)[C@H](COC(c2ccccc2)(c2ccccc2)c2ccccc2)O[C@@H]1O. The van der Waals surface area contributed by atoms with Crippen molar-refractivity contribution in [2.75, 3.05) is 6.61 Å². The Morgan fingerprint density at radius 3 is 1.57 bits per heavy atom. The van der Waals surface area contributed by atoms with Crippen LogP contribution in [0, 0.1) is 0 Å². The molecule has 0 saturated carbocycles. The average Bonchev–Trinajstić information content (AvgIpc) is 2.94. The number of aliphatic hydroxyl groups excluding tert-OH is 1. The van der Waals surface area contributed by atoms with E-state index in [4.69, 9.17) is 18.9 Å². The maximum Gasteiger partial charge on any atom is 0.303 e. The molecule has 1 aliphatic rings. The molecule has 9 nitrogen and oxygen atoms in total. The van der Waals surface area contributed by atoms with Crippen molar-refractivity contribution in [3.05, 3.63) is 108 Å². The molecule has 0 unspecified atom stereocenters. The van der Waals surface area contributed by atoms with Gasteiger partial charge in [0.2, 0.25) is 5.91 Å². The molecule has 1 amide bonds. The minimum absolute atomic E-state index is 0.182. The first-order chi connectivity index (χ1) is 19.2. The Balaban J connectivity index is 1.79. The number of esters is 2. The fraction of sp³-hybridized carbons (Fsp3) is 0.323. The van der Waals surface area contributed by atoms with Gasteiger partial charge in [-0.25, -0.2) is 0 Å². The van der Waals surface area contributed by atoms with Crippen LogP contribution >= 0.6 is 0 Å². The third-order valence-electron chi connectivity index (χ3n) is 6.64. The molecule has 0 spiro atoms. The number of amides is 1. The van der Waals surface area contributed by atoms with E-state index in [2.05, 4.69) is 5.32 Å². The van der Waals surface area contributed by atoms with Crippen molar-refractivity contribution in [1.29, 1.82) is 0 Å². The summed E-state index contributed by atoms with van der Waals surface area (Å²) in [5.41, 5.74) is 1.38. The zero-order valence-electron chi connectivity index (χ0n) is 22.6. The van der Waals surface area contributed by atoms with E-state index in [0.717, 1.165) is 16.7 Å². The third-order valence-corrected chi connectivity index (χ3v) is 6.64. The number of hydrogen-bond acceptors (Lipinski definition) is 8. The molecule has 40 heavy (non-hydrogen) atoms. The van der Waals surface area contributed by atoms with Gasteiger partial charge >= 0.3 is 11.9 Å². The molecule has 0 aliphatic carbocycles. The van der Waals surface area contributed by atoms with Crippen molar-refractivity contribution < 1.29 is 38.4 Å². The molecule has 3 aromatic rings. The molecule has 210 valence electrons.